The molecule has 0 aliphatic rings. The fraction of sp³-hybridized carbons (Fsp3) is 0.333. The third-order valence-corrected chi connectivity index (χ3v) is 2.50. The molecule has 0 atom stereocenters. The van der Waals surface area contributed by atoms with Gasteiger partial charge in [0, 0.05) is 12.7 Å². The van der Waals surface area contributed by atoms with E-state index in [4.69, 9.17) is 9.84 Å². The summed E-state index contributed by atoms with van der Waals surface area (Å²) in [7, 11) is 1.86. The molecular weight excluding hydrogens is 232 g/mol. The zero-order valence-corrected chi connectivity index (χ0v) is 10.2. The van der Waals surface area contributed by atoms with E-state index in [1.54, 1.807) is 10.9 Å². The second-order valence-corrected chi connectivity index (χ2v) is 3.80. The fourth-order valence-electron chi connectivity index (χ4n) is 1.50. The van der Waals surface area contributed by atoms with Crippen LogP contribution in [0.2, 0.25) is 0 Å². The molecule has 96 valence electrons. The first-order chi connectivity index (χ1) is 8.79. The Hall–Kier alpha value is -2.08. The largest absolute Gasteiger partial charge is 0.491 e. The van der Waals surface area contributed by atoms with Gasteiger partial charge in [0.05, 0.1) is 25.0 Å². The second kappa shape index (κ2) is 6.02. The highest BCUT2D eigenvalue weighted by Gasteiger charge is 2.00. The quantitative estimate of drug-likeness (QED) is 0.791. The Morgan fingerprint density at radius 1 is 1.33 bits per heavy atom. The molecular formula is C12H16N4O2. The number of benzene rings is 1. The van der Waals surface area contributed by atoms with Gasteiger partial charge in [0.2, 0.25) is 0 Å². The molecule has 0 spiro atoms. The number of aryl methyl sites for hydroxylation is 1. The van der Waals surface area contributed by atoms with Crippen molar-refractivity contribution in [1.82, 2.24) is 15.0 Å². The van der Waals surface area contributed by atoms with Crippen LogP contribution in [0.15, 0.2) is 30.5 Å². The molecule has 0 unspecified atom stereocenters. The van der Waals surface area contributed by atoms with Crippen molar-refractivity contribution in [3.63, 3.8) is 0 Å². The number of nitrogens with zero attached hydrogens (tertiary/aromatic N) is 3. The van der Waals surface area contributed by atoms with E-state index in [1.165, 1.54) is 0 Å². The fourth-order valence-corrected chi connectivity index (χ4v) is 1.50. The van der Waals surface area contributed by atoms with Crippen molar-refractivity contribution in [2.45, 2.75) is 6.54 Å². The predicted molar refractivity (Wildman–Crippen MR) is 67.4 cm³/mol. The lowest BCUT2D eigenvalue weighted by atomic mass is 10.3. The van der Waals surface area contributed by atoms with Gasteiger partial charge in [-0.15, -0.1) is 5.10 Å². The lowest BCUT2D eigenvalue weighted by Gasteiger charge is -2.08. The van der Waals surface area contributed by atoms with Crippen LogP contribution in [0, 0.1) is 0 Å². The summed E-state index contributed by atoms with van der Waals surface area (Å²) >= 11 is 0. The summed E-state index contributed by atoms with van der Waals surface area (Å²) < 4.78 is 7.01. The number of rotatable bonds is 6. The molecule has 0 saturated carbocycles. The van der Waals surface area contributed by atoms with E-state index in [-0.39, 0.29) is 6.61 Å². The highest BCUT2D eigenvalue weighted by Crippen LogP contribution is 2.16. The maximum absolute atomic E-state index is 8.65. The number of hydrogen-bond acceptors (Lipinski definition) is 5. The third kappa shape index (κ3) is 3.21. The number of aromatic nitrogens is 3. The van der Waals surface area contributed by atoms with Gasteiger partial charge in [0.1, 0.15) is 12.4 Å². The van der Waals surface area contributed by atoms with E-state index in [9.17, 15) is 0 Å². The summed E-state index contributed by atoms with van der Waals surface area (Å²) in [5, 5.41) is 19.6. The summed E-state index contributed by atoms with van der Waals surface area (Å²) in [6, 6.07) is 7.58. The van der Waals surface area contributed by atoms with Crippen LogP contribution in [0.25, 0.3) is 0 Å². The molecule has 0 aliphatic heterocycles. The zero-order chi connectivity index (χ0) is 12.8. The standard InChI is InChI=1S/C12H16N4O2/c1-16-11(9-14-15-16)8-13-10-2-4-12(5-3-10)18-7-6-17/h2-5,9,13,17H,6-8H2,1H3. The molecule has 1 aromatic heterocycles. The molecule has 0 aliphatic carbocycles. The van der Waals surface area contributed by atoms with Gasteiger partial charge in [-0.25, -0.2) is 0 Å². The lowest BCUT2D eigenvalue weighted by molar-refractivity contribution is 0.201. The molecule has 2 rings (SSSR count). The van der Waals surface area contributed by atoms with Crippen LogP contribution < -0.4 is 10.1 Å². The molecule has 1 heterocycles. The molecule has 0 amide bonds. The average Bonchev–Trinajstić information content (AvgIpc) is 2.81. The summed E-state index contributed by atoms with van der Waals surface area (Å²) in [6.45, 7) is 1.00. The highest BCUT2D eigenvalue weighted by atomic mass is 16.5. The Labute approximate surface area is 105 Å². The van der Waals surface area contributed by atoms with E-state index in [0.717, 1.165) is 17.1 Å². The Morgan fingerprint density at radius 3 is 2.72 bits per heavy atom. The summed E-state index contributed by atoms with van der Waals surface area (Å²) in [6.07, 6.45) is 1.73. The van der Waals surface area contributed by atoms with Gasteiger partial charge in [0.15, 0.2) is 0 Å². The SMILES string of the molecule is Cn1nncc1CNc1ccc(OCCO)cc1. The van der Waals surface area contributed by atoms with Crippen LogP contribution in [0.4, 0.5) is 5.69 Å². The van der Waals surface area contributed by atoms with Crippen LogP contribution in [0.3, 0.4) is 0 Å². The maximum atomic E-state index is 8.65. The molecule has 0 saturated heterocycles. The van der Waals surface area contributed by atoms with Crippen molar-refractivity contribution in [1.29, 1.82) is 0 Å². The number of hydrogen-bond donors (Lipinski definition) is 2. The number of aliphatic hydroxyl groups excluding tert-OH is 1. The topological polar surface area (TPSA) is 72.2 Å². The van der Waals surface area contributed by atoms with Crippen molar-refractivity contribution in [3.05, 3.63) is 36.2 Å². The third-order valence-electron chi connectivity index (χ3n) is 2.50. The van der Waals surface area contributed by atoms with Crippen molar-refractivity contribution >= 4 is 5.69 Å². The van der Waals surface area contributed by atoms with Gasteiger partial charge in [0.25, 0.3) is 0 Å². The predicted octanol–water partition coefficient (Wildman–Crippen LogP) is 0.798. The molecule has 1 aromatic carbocycles. The van der Waals surface area contributed by atoms with Gasteiger partial charge in [-0.2, -0.15) is 0 Å². The van der Waals surface area contributed by atoms with Gasteiger partial charge in [-0.3, -0.25) is 4.68 Å². The van der Waals surface area contributed by atoms with Crippen molar-refractivity contribution in [3.8, 4) is 5.75 Å². The van der Waals surface area contributed by atoms with E-state index in [1.807, 2.05) is 31.3 Å². The number of nitrogens with one attached hydrogen (secondary N) is 1. The van der Waals surface area contributed by atoms with Gasteiger partial charge < -0.3 is 15.2 Å². The Bertz CT molecular complexity index is 481. The minimum Gasteiger partial charge on any atom is -0.491 e. The minimum absolute atomic E-state index is 0.0213. The Kier molecular flexibility index (Phi) is 4.14. The monoisotopic (exact) mass is 248 g/mol. The van der Waals surface area contributed by atoms with Crippen molar-refractivity contribution < 1.29 is 9.84 Å². The number of aliphatic hydroxyl groups is 1. The van der Waals surface area contributed by atoms with E-state index in [0.29, 0.717) is 13.2 Å². The minimum atomic E-state index is 0.0213. The molecule has 0 radical (unpaired) electrons. The highest BCUT2D eigenvalue weighted by molar-refractivity contribution is 5.46. The molecule has 2 N–H and O–H groups in total. The van der Waals surface area contributed by atoms with Crippen LogP contribution in [-0.4, -0.2) is 33.3 Å². The number of anilines is 1. The van der Waals surface area contributed by atoms with Gasteiger partial charge in [-0.05, 0) is 24.3 Å². The second-order valence-electron chi connectivity index (χ2n) is 3.80. The first-order valence-electron chi connectivity index (χ1n) is 5.71. The molecule has 0 fully saturated rings. The molecule has 18 heavy (non-hydrogen) atoms. The first kappa shape index (κ1) is 12.4. The molecule has 6 heteroatoms. The zero-order valence-electron chi connectivity index (χ0n) is 10.2. The van der Waals surface area contributed by atoms with Crippen LogP contribution >= 0.6 is 0 Å². The van der Waals surface area contributed by atoms with Crippen LogP contribution in [0.1, 0.15) is 5.69 Å². The summed E-state index contributed by atoms with van der Waals surface area (Å²) in [5.74, 6) is 0.747. The number of ether oxygens (including phenoxy) is 1. The van der Waals surface area contributed by atoms with E-state index < -0.39 is 0 Å². The van der Waals surface area contributed by atoms with Gasteiger partial charge in [-0.1, -0.05) is 5.21 Å². The summed E-state index contributed by atoms with van der Waals surface area (Å²) in [5.41, 5.74) is 2.00. The van der Waals surface area contributed by atoms with Crippen molar-refractivity contribution in [2.24, 2.45) is 7.05 Å². The van der Waals surface area contributed by atoms with Crippen LogP contribution in [-0.2, 0) is 13.6 Å². The summed E-state index contributed by atoms with van der Waals surface area (Å²) in [4.78, 5) is 0. The van der Waals surface area contributed by atoms with Gasteiger partial charge >= 0.3 is 0 Å². The molecule has 0 bridgehead atoms. The Morgan fingerprint density at radius 2 is 2.11 bits per heavy atom. The van der Waals surface area contributed by atoms with E-state index in [2.05, 4.69) is 15.6 Å². The van der Waals surface area contributed by atoms with E-state index >= 15 is 0 Å². The maximum Gasteiger partial charge on any atom is 0.119 e. The normalized spacial score (nSPS) is 10.3. The molecule has 2 aromatic rings. The average molecular weight is 248 g/mol. The molecule has 6 nitrogen and oxygen atoms in total. The van der Waals surface area contributed by atoms with Crippen molar-refractivity contribution in [2.75, 3.05) is 18.5 Å². The van der Waals surface area contributed by atoms with Crippen LogP contribution in [0.5, 0.6) is 5.75 Å². The lowest BCUT2D eigenvalue weighted by Crippen LogP contribution is -2.05. The Balaban J connectivity index is 1.88. The first-order valence-corrected chi connectivity index (χ1v) is 5.71. The smallest absolute Gasteiger partial charge is 0.119 e.